The smallest absolute Gasteiger partial charge is 0.337 e. The van der Waals surface area contributed by atoms with E-state index in [0.717, 1.165) is 0 Å². The van der Waals surface area contributed by atoms with E-state index in [4.69, 9.17) is 5.11 Å². The Bertz CT molecular complexity index is 498. The maximum absolute atomic E-state index is 11.3. The average Bonchev–Trinajstić information content (AvgIpc) is 2.29. The van der Waals surface area contributed by atoms with Crippen LogP contribution in [0.5, 0.6) is 0 Å². The number of carboxylic acid groups (broad SMARTS) is 1. The summed E-state index contributed by atoms with van der Waals surface area (Å²) in [4.78, 5) is 14.4. The highest BCUT2D eigenvalue weighted by Crippen LogP contribution is 2.04. The molecule has 0 saturated carbocycles. The third-order valence-corrected chi connectivity index (χ3v) is 3.52. The standard InChI is InChI=1S/C10H15N3O4S/c1-2-13-18(16,17)6-5-11-9-4-3-8(7-12-9)10(14)15/h3-4,7,13H,2,5-6H2,1H3,(H,11,12)(H,14,15). The first-order chi connectivity index (χ1) is 8.44. The van der Waals surface area contributed by atoms with Crippen LogP contribution in [0.2, 0.25) is 0 Å². The molecule has 0 spiro atoms. The maximum Gasteiger partial charge on any atom is 0.337 e. The monoisotopic (exact) mass is 273 g/mol. The molecule has 1 rings (SSSR count). The number of anilines is 1. The lowest BCUT2D eigenvalue weighted by atomic mass is 10.3. The van der Waals surface area contributed by atoms with Crippen molar-refractivity contribution in [2.24, 2.45) is 0 Å². The minimum Gasteiger partial charge on any atom is -0.478 e. The van der Waals surface area contributed by atoms with Gasteiger partial charge in [0.15, 0.2) is 0 Å². The van der Waals surface area contributed by atoms with Crippen molar-refractivity contribution in [3.63, 3.8) is 0 Å². The van der Waals surface area contributed by atoms with Gasteiger partial charge in [-0.25, -0.2) is 22.9 Å². The van der Waals surface area contributed by atoms with Gasteiger partial charge in [-0.05, 0) is 12.1 Å². The second kappa shape index (κ2) is 6.31. The zero-order valence-electron chi connectivity index (χ0n) is 9.88. The molecule has 7 nitrogen and oxygen atoms in total. The van der Waals surface area contributed by atoms with Gasteiger partial charge in [0.05, 0.1) is 11.3 Å². The molecule has 100 valence electrons. The van der Waals surface area contributed by atoms with E-state index < -0.39 is 16.0 Å². The first kappa shape index (κ1) is 14.4. The van der Waals surface area contributed by atoms with Gasteiger partial charge in [-0.15, -0.1) is 0 Å². The van der Waals surface area contributed by atoms with Crippen molar-refractivity contribution in [2.45, 2.75) is 6.92 Å². The van der Waals surface area contributed by atoms with Crippen molar-refractivity contribution < 1.29 is 18.3 Å². The quantitative estimate of drug-likeness (QED) is 0.651. The van der Waals surface area contributed by atoms with Crippen molar-refractivity contribution in [1.82, 2.24) is 9.71 Å². The fraction of sp³-hybridized carbons (Fsp3) is 0.400. The van der Waals surface area contributed by atoms with Gasteiger partial charge in [0.1, 0.15) is 5.82 Å². The molecular formula is C10H15N3O4S. The molecule has 1 heterocycles. The summed E-state index contributed by atoms with van der Waals surface area (Å²) in [6.07, 6.45) is 1.21. The van der Waals surface area contributed by atoms with E-state index in [9.17, 15) is 13.2 Å². The molecule has 0 amide bonds. The third-order valence-electron chi connectivity index (χ3n) is 2.05. The Balaban J connectivity index is 2.47. The molecular weight excluding hydrogens is 258 g/mol. The van der Waals surface area contributed by atoms with Gasteiger partial charge in [0.25, 0.3) is 0 Å². The van der Waals surface area contributed by atoms with Crippen LogP contribution < -0.4 is 10.0 Å². The van der Waals surface area contributed by atoms with Gasteiger partial charge in [-0.2, -0.15) is 0 Å². The maximum atomic E-state index is 11.3. The number of carboxylic acids is 1. The highest BCUT2D eigenvalue weighted by molar-refractivity contribution is 7.89. The lowest BCUT2D eigenvalue weighted by molar-refractivity contribution is 0.0696. The molecule has 0 aromatic carbocycles. The van der Waals surface area contributed by atoms with Crippen LogP contribution in [0.1, 0.15) is 17.3 Å². The summed E-state index contributed by atoms with van der Waals surface area (Å²) in [6.45, 7) is 2.26. The van der Waals surface area contributed by atoms with Gasteiger partial charge in [0.2, 0.25) is 10.0 Å². The highest BCUT2D eigenvalue weighted by atomic mass is 32.2. The fourth-order valence-electron chi connectivity index (χ4n) is 1.23. The van der Waals surface area contributed by atoms with E-state index in [2.05, 4.69) is 15.0 Å². The number of hydrogen-bond donors (Lipinski definition) is 3. The van der Waals surface area contributed by atoms with Crippen LogP contribution in [0.15, 0.2) is 18.3 Å². The van der Waals surface area contributed by atoms with E-state index in [0.29, 0.717) is 12.4 Å². The molecule has 0 saturated heterocycles. The third kappa shape index (κ3) is 4.68. The molecule has 0 aliphatic rings. The van der Waals surface area contributed by atoms with Crippen molar-refractivity contribution in [3.8, 4) is 0 Å². The van der Waals surface area contributed by atoms with Crippen molar-refractivity contribution in [3.05, 3.63) is 23.9 Å². The van der Waals surface area contributed by atoms with E-state index in [-0.39, 0.29) is 17.9 Å². The average molecular weight is 273 g/mol. The van der Waals surface area contributed by atoms with E-state index in [1.165, 1.54) is 18.3 Å². The summed E-state index contributed by atoms with van der Waals surface area (Å²) in [7, 11) is -3.26. The Morgan fingerprint density at radius 3 is 2.67 bits per heavy atom. The molecule has 8 heteroatoms. The Morgan fingerprint density at radius 2 is 2.17 bits per heavy atom. The SMILES string of the molecule is CCNS(=O)(=O)CCNc1ccc(C(=O)O)cn1. The lowest BCUT2D eigenvalue weighted by Gasteiger charge is -2.06. The Hall–Kier alpha value is -1.67. The number of nitrogens with one attached hydrogen (secondary N) is 2. The Labute approximate surface area is 105 Å². The molecule has 0 fully saturated rings. The normalized spacial score (nSPS) is 11.2. The van der Waals surface area contributed by atoms with Crippen LogP contribution in [-0.2, 0) is 10.0 Å². The first-order valence-electron chi connectivity index (χ1n) is 5.35. The van der Waals surface area contributed by atoms with Crippen LogP contribution in [0, 0.1) is 0 Å². The van der Waals surface area contributed by atoms with Gasteiger partial charge < -0.3 is 10.4 Å². The summed E-state index contributed by atoms with van der Waals surface area (Å²) in [5.41, 5.74) is 0.0841. The molecule has 0 unspecified atom stereocenters. The van der Waals surface area contributed by atoms with Gasteiger partial charge >= 0.3 is 5.97 Å². The van der Waals surface area contributed by atoms with E-state index >= 15 is 0 Å². The molecule has 0 aliphatic carbocycles. The first-order valence-corrected chi connectivity index (χ1v) is 7.00. The summed E-state index contributed by atoms with van der Waals surface area (Å²) in [5, 5.41) is 11.5. The number of carbonyl (C=O) groups is 1. The van der Waals surface area contributed by atoms with Crippen LogP contribution in [0.4, 0.5) is 5.82 Å². The van der Waals surface area contributed by atoms with Crippen LogP contribution in [0.3, 0.4) is 0 Å². The predicted octanol–water partition coefficient (Wildman–Crippen LogP) is 0.131. The second-order valence-corrected chi connectivity index (χ2v) is 5.41. The van der Waals surface area contributed by atoms with Crippen molar-refractivity contribution in [1.29, 1.82) is 0 Å². The number of hydrogen-bond acceptors (Lipinski definition) is 5. The van der Waals surface area contributed by atoms with Crippen LogP contribution in [0.25, 0.3) is 0 Å². The molecule has 1 aromatic heterocycles. The summed E-state index contributed by atoms with van der Waals surface area (Å²) >= 11 is 0. The summed E-state index contributed by atoms with van der Waals surface area (Å²) in [6, 6.07) is 2.89. The number of rotatable bonds is 7. The summed E-state index contributed by atoms with van der Waals surface area (Å²) < 4.78 is 25.0. The summed E-state index contributed by atoms with van der Waals surface area (Å²) in [5.74, 6) is -0.682. The van der Waals surface area contributed by atoms with Gasteiger partial charge in [-0.3, -0.25) is 0 Å². The molecule has 0 bridgehead atoms. The number of sulfonamides is 1. The van der Waals surface area contributed by atoms with Gasteiger partial charge in [0, 0.05) is 19.3 Å². The van der Waals surface area contributed by atoms with Gasteiger partial charge in [-0.1, -0.05) is 6.92 Å². The minimum atomic E-state index is -3.26. The minimum absolute atomic E-state index is 0.0663. The fourth-order valence-corrected chi connectivity index (χ4v) is 2.19. The second-order valence-electron chi connectivity index (χ2n) is 3.48. The molecule has 18 heavy (non-hydrogen) atoms. The Kier molecular flexibility index (Phi) is 5.05. The highest BCUT2D eigenvalue weighted by Gasteiger charge is 2.08. The Morgan fingerprint density at radius 1 is 1.44 bits per heavy atom. The van der Waals surface area contributed by atoms with Crippen molar-refractivity contribution in [2.75, 3.05) is 24.2 Å². The topological polar surface area (TPSA) is 108 Å². The van der Waals surface area contributed by atoms with Crippen LogP contribution in [-0.4, -0.2) is 43.3 Å². The number of pyridine rings is 1. The molecule has 3 N–H and O–H groups in total. The van der Waals surface area contributed by atoms with Crippen LogP contribution >= 0.6 is 0 Å². The zero-order valence-corrected chi connectivity index (χ0v) is 10.7. The number of nitrogens with zero attached hydrogens (tertiary/aromatic N) is 1. The molecule has 0 aliphatic heterocycles. The predicted molar refractivity (Wildman–Crippen MR) is 67.1 cm³/mol. The zero-order chi connectivity index (χ0) is 13.6. The van der Waals surface area contributed by atoms with E-state index in [1.807, 2.05) is 0 Å². The molecule has 1 aromatic rings. The number of aromatic carboxylic acids is 1. The molecule has 0 radical (unpaired) electrons. The lowest BCUT2D eigenvalue weighted by Crippen LogP contribution is -2.29. The number of aromatic nitrogens is 1. The van der Waals surface area contributed by atoms with E-state index in [1.54, 1.807) is 6.92 Å². The largest absolute Gasteiger partial charge is 0.478 e. The molecule has 0 atom stereocenters. The van der Waals surface area contributed by atoms with Crippen molar-refractivity contribution >= 4 is 21.8 Å².